The Morgan fingerprint density at radius 3 is 2.65 bits per heavy atom. The summed E-state index contributed by atoms with van der Waals surface area (Å²) in [6.45, 7) is 0.447. The number of aromatic amines is 1. The van der Waals surface area contributed by atoms with Crippen LogP contribution < -0.4 is 16.2 Å². The van der Waals surface area contributed by atoms with Crippen LogP contribution >= 0.6 is 11.6 Å². The maximum atomic E-state index is 13.3. The number of H-pyrrole nitrogens is 1. The van der Waals surface area contributed by atoms with E-state index >= 15 is 0 Å². The molecule has 134 valence electrons. The first-order valence-electron chi connectivity index (χ1n) is 7.97. The van der Waals surface area contributed by atoms with Gasteiger partial charge in [0.2, 0.25) is 5.91 Å². The third-order valence-corrected chi connectivity index (χ3v) is 4.55. The summed E-state index contributed by atoms with van der Waals surface area (Å²) in [6, 6.07) is 9.55. The topological polar surface area (TPSA) is 79.2 Å². The molecule has 0 aliphatic heterocycles. The monoisotopic (exact) mass is 373 g/mol. The number of anilines is 1. The second kappa shape index (κ2) is 7.17. The van der Waals surface area contributed by atoms with Crippen LogP contribution in [0.1, 0.15) is 6.42 Å². The molecular weight excluding hydrogens is 357 g/mol. The molecule has 0 aliphatic rings. The van der Waals surface area contributed by atoms with E-state index < -0.39 is 5.82 Å². The lowest BCUT2D eigenvalue weighted by molar-refractivity contribution is -0.117. The normalized spacial score (nSPS) is 10.9. The molecule has 1 amide bonds. The molecule has 0 spiro atoms. The first-order chi connectivity index (χ1) is 12.4. The Kier molecular flexibility index (Phi) is 4.95. The van der Waals surface area contributed by atoms with Gasteiger partial charge in [0.05, 0.1) is 5.02 Å². The maximum absolute atomic E-state index is 13.3. The summed E-state index contributed by atoms with van der Waals surface area (Å²) < 4.78 is 13.3. The van der Waals surface area contributed by atoms with Gasteiger partial charge in [-0.3, -0.25) is 9.59 Å². The highest BCUT2D eigenvalue weighted by molar-refractivity contribution is 6.33. The van der Waals surface area contributed by atoms with Crippen molar-refractivity contribution in [3.05, 3.63) is 63.8 Å². The minimum atomic E-state index is -0.425. The number of nitrogens with one attached hydrogen (secondary N) is 1. The van der Waals surface area contributed by atoms with Crippen molar-refractivity contribution >= 4 is 34.0 Å². The van der Waals surface area contributed by atoms with Crippen molar-refractivity contribution in [2.45, 2.75) is 6.42 Å². The molecule has 2 aromatic carbocycles. The average molecular weight is 374 g/mol. The summed E-state index contributed by atoms with van der Waals surface area (Å²) in [4.78, 5) is 27.8. The lowest BCUT2D eigenvalue weighted by atomic mass is 10.00. The Morgan fingerprint density at radius 2 is 1.96 bits per heavy atom. The maximum Gasteiger partial charge on any atom is 0.255 e. The summed E-state index contributed by atoms with van der Waals surface area (Å²) in [5.41, 5.74) is 7.06. The number of fused-ring (bicyclic) bond motifs is 1. The lowest BCUT2D eigenvalue weighted by Gasteiger charge is -2.19. The molecule has 7 heteroatoms. The van der Waals surface area contributed by atoms with Crippen LogP contribution in [0, 0.1) is 5.82 Å². The quantitative estimate of drug-likeness (QED) is 0.720. The minimum absolute atomic E-state index is 0.218. The van der Waals surface area contributed by atoms with Crippen LogP contribution in [0.4, 0.5) is 10.1 Å². The average Bonchev–Trinajstić information content (AvgIpc) is 2.60. The van der Waals surface area contributed by atoms with Gasteiger partial charge in [-0.15, -0.1) is 0 Å². The number of carbonyl (C=O) groups is 1. The van der Waals surface area contributed by atoms with Gasteiger partial charge in [0.15, 0.2) is 0 Å². The molecule has 3 rings (SSSR count). The van der Waals surface area contributed by atoms with E-state index in [1.807, 2.05) is 24.1 Å². The lowest BCUT2D eigenvalue weighted by Crippen LogP contribution is -2.24. The van der Waals surface area contributed by atoms with E-state index in [1.165, 1.54) is 12.1 Å². The number of nitrogens with zero attached hydrogens (tertiary/aromatic N) is 1. The van der Waals surface area contributed by atoms with Gasteiger partial charge >= 0.3 is 0 Å². The smallest absolute Gasteiger partial charge is 0.255 e. The van der Waals surface area contributed by atoms with Crippen molar-refractivity contribution < 1.29 is 9.18 Å². The molecule has 1 heterocycles. The van der Waals surface area contributed by atoms with E-state index in [-0.39, 0.29) is 22.9 Å². The molecule has 0 saturated heterocycles. The minimum Gasteiger partial charge on any atom is -0.374 e. The summed E-state index contributed by atoms with van der Waals surface area (Å²) >= 11 is 6.17. The predicted molar refractivity (Wildman–Crippen MR) is 102 cm³/mol. The van der Waals surface area contributed by atoms with Crippen molar-refractivity contribution in [2.75, 3.05) is 18.5 Å². The van der Waals surface area contributed by atoms with Crippen molar-refractivity contribution in [3.63, 3.8) is 0 Å². The Labute approximate surface area is 154 Å². The largest absolute Gasteiger partial charge is 0.374 e. The fourth-order valence-electron chi connectivity index (χ4n) is 2.82. The zero-order chi connectivity index (χ0) is 18.8. The number of nitrogens with two attached hydrogens (primary N) is 1. The van der Waals surface area contributed by atoms with E-state index in [4.69, 9.17) is 17.3 Å². The van der Waals surface area contributed by atoms with E-state index in [2.05, 4.69) is 4.98 Å². The summed E-state index contributed by atoms with van der Waals surface area (Å²) in [7, 11) is 1.82. The highest BCUT2D eigenvalue weighted by atomic mass is 35.5. The first-order valence-corrected chi connectivity index (χ1v) is 8.35. The fraction of sp³-hybridized carbons (Fsp3) is 0.158. The molecule has 0 bridgehead atoms. The highest BCUT2D eigenvalue weighted by Gasteiger charge is 2.12. The summed E-state index contributed by atoms with van der Waals surface area (Å²) in [5.74, 6) is -0.811. The summed E-state index contributed by atoms with van der Waals surface area (Å²) in [5, 5.41) is 1.45. The number of hydrogen-bond donors (Lipinski definition) is 2. The molecule has 3 N–H and O–H groups in total. The molecule has 5 nitrogen and oxygen atoms in total. The molecule has 26 heavy (non-hydrogen) atoms. The second-order valence-electron chi connectivity index (χ2n) is 6.02. The zero-order valence-electron chi connectivity index (χ0n) is 14.1. The second-order valence-corrected chi connectivity index (χ2v) is 6.43. The van der Waals surface area contributed by atoms with Gasteiger partial charge in [0.25, 0.3) is 5.56 Å². The number of carbonyl (C=O) groups excluding carboxylic acids is 1. The van der Waals surface area contributed by atoms with Gasteiger partial charge in [-0.25, -0.2) is 4.39 Å². The number of halogens is 2. The number of primary amides is 1. The van der Waals surface area contributed by atoms with Gasteiger partial charge in [-0.1, -0.05) is 17.7 Å². The molecule has 0 aliphatic carbocycles. The van der Waals surface area contributed by atoms with Crippen LogP contribution in [-0.4, -0.2) is 24.5 Å². The Hall–Kier alpha value is -2.86. The van der Waals surface area contributed by atoms with Gasteiger partial charge in [0, 0.05) is 48.4 Å². The standard InChI is InChI=1S/C19H17ClFN3O2/c1-24(7-6-18(22)25)12-3-5-13-15(9-12)19(26)23-10-16(13)14-4-2-11(21)8-17(14)20/h2-5,8-10H,6-7H2,1H3,(H2,22,25)(H,23,26). The number of hydrogen-bond acceptors (Lipinski definition) is 3. The van der Waals surface area contributed by atoms with E-state index in [9.17, 15) is 14.0 Å². The molecule has 0 unspecified atom stereocenters. The predicted octanol–water partition coefficient (Wildman–Crippen LogP) is 3.30. The Bertz CT molecular complexity index is 1050. The summed E-state index contributed by atoms with van der Waals surface area (Å²) in [6.07, 6.45) is 1.79. The van der Waals surface area contributed by atoms with Crippen molar-refractivity contribution in [1.82, 2.24) is 4.98 Å². The Morgan fingerprint density at radius 1 is 1.19 bits per heavy atom. The van der Waals surface area contributed by atoms with E-state index in [1.54, 1.807) is 18.3 Å². The Balaban J connectivity index is 2.10. The van der Waals surface area contributed by atoms with Crippen molar-refractivity contribution in [1.29, 1.82) is 0 Å². The van der Waals surface area contributed by atoms with E-state index in [0.29, 0.717) is 28.4 Å². The van der Waals surface area contributed by atoms with Gasteiger partial charge in [-0.2, -0.15) is 0 Å². The number of benzene rings is 2. The van der Waals surface area contributed by atoms with Crippen LogP contribution in [-0.2, 0) is 4.79 Å². The van der Waals surface area contributed by atoms with Gasteiger partial charge < -0.3 is 15.6 Å². The number of rotatable bonds is 5. The molecule has 0 atom stereocenters. The molecule has 0 saturated carbocycles. The van der Waals surface area contributed by atoms with Crippen LogP contribution in [0.3, 0.4) is 0 Å². The number of amides is 1. The SMILES string of the molecule is CN(CCC(N)=O)c1ccc2c(-c3ccc(F)cc3Cl)c[nH]c(=O)c2c1. The van der Waals surface area contributed by atoms with Crippen LogP contribution in [0.5, 0.6) is 0 Å². The van der Waals surface area contributed by atoms with Crippen molar-refractivity contribution in [3.8, 4) is 11.1 Å². The highest BCUT2D eigenvalue weighted by Crippen LogP contribution is 2.33. The third kappa shape index (κ3) is 3.55. The van der Waals surface area contributed by atoms with Crippen LogP contribution in [0.2, 0.25) is 5.02 Å². The fourth-order valence-corrected chi connectivity index (χ4v) is 3.09. The van der Waals surface area contributed by atoms with Crippen LogP contribution in [0.15, 0.2) is 47.4 Å². The third-order valence-electron chi connectivity index (χ3n) is 4.24. The molecular formula is C19H17ClFN3O2. The number of aromatic nitrogens is 1. The molecule has 1 aromatic heterocycles. The van der Waals surface area contributed by atoms with Gasteiger partial charge in [-0.05, 0) is 35.7 Å². The zero-order valence-corrected chi connectivity index (χ0v) is 14.8. The van der Waals surface area contributed by atoms with Crippen LogP contribution in [0.25, 0.3) is 21.9 Å². The molecule has 0 radical (unpaired) electrons. The first kappa shape index (κ1) is 17.9. The van der Waals surface area contributed by atoms with E-state index in [0.717, 1.165) is 5.69 Å². The number of pyridine rings is 1. The van der Waals surface area contributed by atoms with Crippen molar-refractivity contribution in [2.24, 2.45) is 5.73 Å². The van der Waals surface area contributed by atoms with Gasteiger partial charge in [0.1, 0.15) is 5.82 Å². The molecule has 0 fully saturated rings. The molecule has 3 aromatic rings.